The molecular weight excluding hydrogens is 409 g/mol. The average Bonchev–Trinajstić information content (AvgIpc) is 2.91. The Balaban J connectivity index is 2.31. The summed E-state index contributed by atoms with van der Waals surface area (Å²) in [4.78, 5) is 48.7. The first-order chi connectivity index (χ1) is 14.4. The Morgan fingerprint density at radius 2 is 1.81 bits per heavy atom. The molecule has 2 atom stereocenters. The molecule has 2 aromatic rings. The van der Waals surface area contributed by atoms with E-state index in [0.29, 0.717) is 16.9 Å². The highest BCUT2D eigenvalue weighted by Crippen LogP contribution is 2.24. The number of amides is 1. The highest BCUT2D eigenvalue weighted by atomic mass is 19.1. The number of Topliss-reactive ketones (excluding diaryl/α,β-unsaturated/α-hetero) is 2. The number of aliphatic hydroxyl groups is 1. The number of ketones is 2. The number of anilines is 1. The molecule has 0 bridgehead atoms. The molecule has 0 radical (unpaired) electrons. The van der Waals surface area contributed by atoms with Crippen LogP contribution in [-0.2, 0) is 16.6 Å². The number of hydrogen-bond donors (Lipinski definition) is 4. The number of carbonyl (C=O) groups is 4. The van der Waals surface area contributed by atoms with Crippen LogP contribution in [0.5, 0.6) is 0 Å². The van der Waals surface area contributed by atoms with Gasteiger partial charge in [0, 0.05) is 24.8 Å². The van der Waals surface area contributed by atoms with Gasteiger partial charge in [-0.1, -0.05) is 0 Å². The van der Waals surface area contributed by atoms with E-state index in [-0.39, 0.29) is 16.8 Å². The number of aliphatic carboxylic acids is 1. The molecule has 0 saturated heterocycles. The van der Waals surface area contributed by atoms with Gasteiger partial charge in [-0.05, 0) is 50.1 Å². The Kier molecular flexibility index (Phi) is 7.09. The number of aryl methyl sites for hydroxylation is 1. The van der Waals surface area contributed by atoms with Crippen molar-refractivity contribution in [2.24, 2.45) is 12.8 Å². The van der Waals surface area contributed by atoms with Gasteiger partial charge in [0.25, 0.3) is 5.91 Å². The van der Waals surface area contributed by atoms with Gasteiger partial charge in [-0.3, -0.25) is 19.2 Å². The van der Waals surface area contributed by atoms with Crippen molar-refractivity contribution in [3.05, 3.63) is 52.1 Å². The van der Waals surface area contributed by atoms with Crippen molar-refractivity contribution in [3.63, 3.8) is 0 Å². The van der Waals surface area contributed by atoms with Crippen LogP contribution in [0.3, 0.4) is 0 Å². The molecule has 166 valence electrons. The number of halogens is 1. The lowest BCUT2D eigenvalue weighted by Crippen LogP contribution is -2.43. The number of rotatable bonds is 8. The van der Waals surface area contributed by atoms with Gasteiger partial charge < -0.3 is 25.8 Å². The summed E-state index contributed by atoms with van der Waals surface area (Å²) >= 11 is 0. The Morgan fingerprint density at radius 1 is 1.19 bits per heavy atom. The SMILES string of the molecule is Cc1cc(NC(=O)c2c(C)c(C(=O)C(=O)C[C@H](O)[C@@H](N)C(=O)O)n(C)c2C)ccc1F. The molecule has 2 rings (SSSR count). The fraction of sp³-hybridized carbons (Fsp3) is 0.333. The molecule has 10 heteroatoms. The summed E-state index contributed by atoms with van der Waals surface area (Å²) in [5.41, 5.74) is 6.75. The summed E-state index contributed by atoms with van der Waals surface area (Å²) in [6.45, 7) is 4.64. The maximum atomic E-state index is 13.4. The first kappa shape index (κ1) is 23.9. The molecule has 5 N–H and O–H groups in total. The summed E-state index contributed by atoms with van der Waals surface area (Å²) in [6, 6.07) is 2.37. The molecule has 0 unspecified atom stereocenters. The molecule has 1 aromatic heterocycles. The number of hydrogen-bond acceptors (Lipinski definition) is 6. The smallest absolute Gasteiger partial charge is 0.323 e. The van der Waals surface area contributed by atoms with E-state index in [9.17, 15) is 28.7 Å². The predicted molar refractivity (Wildman–Crippen MR) is 110 cm³/mol. The Bertz CT molecular complexity index is 1080. The Labute approximate surface area is 177 Å². The average molecular weight is 433 g/mol. The maximum Gasteiger partial charge on any atom is 0.323 e. The first-order valence-electron chi connectivity index (χ1n) is 9.34. The molecule has 0 aliphatic carbocycles. The summed E-state index contributed by atoms with van der Waals surface area (Å²) in [5, 5.41) is 21.2. The normalized spacial score (nSPS) is 12.9. The number of aromatic nitrogens is 1. The number of nitrogens with two attached hydrogens (primary N) is 1. The van der Waals surface area contributed by atoms with Crippen molar-refractivity contribution in [2.45, 2.75) is 39.3 Å². The van der Waals surface area contributed by atoms with Crippen LogP contribution >= 0.6 is 0 Å². The van der Waals surface area contributed by atoms with Crippen molar-refractivity contribution in [3.8, 4) is 0 Å². The molecule has 31 heavy (non-hydrogen) atoms. The number of nitrogens with one attached hydrogen (secondary N) is 1. The van der Waals surface area contributed by atoms with Crippen molar-refractivity contribution in [1.82, 2.24) is 4.57 Å². The third-order valence-electron chi connectivity index (χ3n) is 5.14. The van der Waals surface area contributed by atoms with Gasteiger partial charge in [0.2, 0.25) is 11.6 Å². The second kappa shape index (κ2) is 9.19. The quantitative estimate of drug-likeness (QED) is 0.361. The molecule has 0 fully saturated rings. The lowest BCUT2D eigenvalue weighted by molar-refractivity contribution is -0.141. The van der Waals surface area contributed by atoms with E-state index in [1.165, 1.54) is 36.7 Å². The van der Waals surface area contributed by atoms with Crippen molar-refractivity contribution < 1.29 is 33.8 Å². The Hall–Kier alpha value is -3.37. The number of carboxylic acid groups (broad SMARTS) is 1. The third-order valence-corrected chi connectivity index (χ3v) is 5.14. The molecule has 9 nitrogen and oxygen atoms in total. The molecular formula is C21H24FN3O6. The van der Waals surface area contributed by atoms with Gasteiger partial charge in [-0.25, -0.2) is 4.39 Å². The lowest BCUT2D eigenvalue weighted by atomic mass is 10.00. The molecule has 0 aliphatic heterocycles. The van der Waals surface area contributed by atoms with E-state index >= 15 is 0 Å². The molecule has 0 saturated carbocycles. The van der Waals surface area contributed by atoms with Gasteiger partial charge in [0.15, 0.2) is 0 Å². The molecule has 0 spiro atoms. The molecule has 0 aliphatic rings. The standard InChI is InChI=1S/C21H24FN3O6/c1-9-7-12(5-6-13(9)22)24-20(29)16-10(2)18(25(4)11(16)3)19(28)15(27)8-14(26)17(23)21(30)31/h5-7,14,17,26H,8,23H2,1-4H3,(H,24,29)(H,30,31)/t14-,17+/m0/s1. The highest BCUT2D eigenvalue weighted by Gasteiger charge is 2.32. The highest BCUT2D eigenvalue weighted by molar-refractivity contribution is 6.44. The lowest BCUT2D eigenvalue weighted by Gasteiger charge is -2.13. The predicted octanol–water partition coefficient (Wildman–Crippen LogP) is 1.26. The third kappa shape index (κ3) is 4.86. The van der Waals surface area contributed by atoms with E-state index in [1.807, 2.05) is 0 Å². The number of carboxylic acids is 1. The van der Waals surface area contributed by atoms with E-state index < -0.39 is 47.8 Å². The second-order valence-corrected chi connectivity index (χ2v) is 7.30. The minimum atomic E-state index is -1.74. The largest absolute Gasteiger partial charge is 0.480 e. The van der Waals surface area contributed by atoms with E-state index in [2.05, 4.69) is 5.32 Å². The van der Waals surface area contributed by atoms with Crippen molar-refractivity contribution in [2.75, 3.05) is 5.32 Å². The number of benzene rings is 1. The van der Waals surface area contributed by atoms with Crippen LogP contribution in [0, 0.1) is 26.6 Å². The van der Waals surface area contributed by atoms with Gasteiger partial charge in [-0.15, -0.1) is 0 Å². The van der Waals surface area contributed by atoms with Gasteiger partial charge >= 0.3 is 5.97 Å². The van der Waals surface area contributed by atoms with Crippen molar-refractivity contribution in [1.29, 1.82) is 0 Å². The fourth-order valence-electron chi connectivity index (χ4n) is 3.26. The summed E-state index contributed by atoms with van der Waals surface area (Å²) < 4.78 is 14.8. The zero-order valence-electron chi connectivity index (χ0n) is 17.5. The van der Waals surface area contributed by atoms with Gasteiger partial charge in [0.1, 0.15) is 11.9 Å². The van der Waals surface area contributed by atoms with E-state index in [1.54, 1.807) is 13.8 Å². The van der Waals surface area contributed by atoms with Crippen LogP contribution in [0.15, 0.2) is 18.2 Å². The number of nitrogens with zero attached hydrogens (tertiary/aromatic N) is 1. The van der Waals surface area contributed by atoms with Gasteiger partial charge in [0.05, 0.1) is 17.4 Å². The van der Waals surface area contributed by atoms with Crippen molar-refractivity contribution >= 4 is 29.1 Å². The van der Waals surface area contributed by atoms with E-state index in [4.69, 9.17) is 10.8 Å². The van der Waals surface area contributed by atoms with Crippen LogP contribution < -0.4 is 11.1 Å². The first-order valence-corrected chi connectivity index (χ1v) is 9.34. The van der Waals surface area contributed by atoms with Crippen LogP contribution in [0.25, 0.3) is 0 Å². The minimum Gasteiger partial charge on any atom is -0.480 e. The summed E-state index contributed by atoms with van der Waals surface area (Å²) in [7, 11) is 1.50. The maximum absolute atomic E-state index is 13.4. The van der Waals surface area contributed by atoms with Gasteiger partial charge in [-0.2, -0.15) is 0 Å². The zero-order chi connectivity index (χ0) is 23.6. The Morgan fingerprint density at radius 3 is 2.35 bits per heavy atom. The molecule has 1 aromatic carbocycles. The molecule has 1 amide bonds. The second-order valence-electron chi connectivity index (χ2n) is 7.30. The van der Waals surface area contributed by atoms with Crippen LogP contribution in [0.2, 0.25) is 0 Å². The monoisotopic (exact) mass is 433 g/mol. The fourth-order valence-corrected chi connectivity index (χ4v) is 3.26. The van der Waals surface area contributed by atoms with Crippen LogP contribution in [-0.4, -0.2) is 50.4 Å². The van der Waals surface area contributed by atoms with E-state index in [0.717, 1.165) is 0 Å². The number of aliphatic hydroxyl groups excluding tert-OH is 1. The zero-order valence-corrected chi connectivity index (χ0v) is 17.5. The summed E-state index contributed by atoms with van der Waals surface area (Å²) in [6.07, 6.45) is -2.51. The van der Waals surface area contributed by atoms with Crippen LogP contribution in [0.4, 0.5) is 10.1 Å². The van der Waals surface area contributed by atoms with Crippen LogP contribution in [0.1, 0.15) is 44.1 Å². The minimum absolute atomic E-state index is 0.0565. The molecule has 1 heterocycles. The topological polar surface area (TPSA) is 152 Å². The summed E-state index contributed by atoms with van der Waals surface area (Å²) in [5.74, 6) is -4.48. The number of carbonyl (C=O) groups excluding carboxylic acids is 3.